The van der Waals surface area contributed by atoms with Gasteiger partial charge in [-0.05, 0) is 95.5 Å². The van der Waals surface area contributed by atoms with E-state index in [-0.39, 0.29) is 120 Å². The summed E-state index contributed by atoms with van der Waals surface area (Å²) < 4.78 is 29.4. The molecule has 2 aliphatic heterocycles. The number of aromatic nitrogens is 4. The first kappa shape index (κ1) is 53.2. The van der Waals surface area contributed by atoms with Crippen molar-refractivity contribution < 1.29 is 37.8 Å². The van der Waals surface area contributed by atoms with Gasteiger partial charge in [-0.25, -0.2) is 4.39 Å². The van der Waals surface area contributed by atoms with E-state index in [2.05, 4.69) is 45.3 Å². The van der Waals surface area contributed by atoms with Gasteiger partial charge in [-0.2, -0.15) is 0 Å². The molecule has 5 heterocycles. The number of rotatable bonds is 20. The van der Waals surface area contributed by atoms with Crippen LogP contribution in [0.2, 0.25) is 5.02 Å². The zero-order valence-corrected chi connectivity index (χ0v) is 43.7. The highest BCUT2D eigenvalue weighted by molar-refractivity contribution is 7.15. The van der Waals surface area contributed by atoms with Crippen LogP contribution in [-0.2, 0) is 35.2 Å². The quantitative estimate of drug-likeness (QED) is 0.0750. The van der Waals surface area contributed by atoms with Gasteiger partial charge in [0, 0.05) is 71.2 Å². The second-order valence-electron chi connectivity index (χ2n) is 18.9. The van der Waals surface area contributed by atoms with Gasteiger partial charge in [0.1, 0.15) is 41.0 Å². The van der Waals surface area contributed by atoms with Crippen molar-refractivity contribution in [1.82, 2.24) is 50.4 Å². The minimum absolute atomic E-state index is 0.0491. The van der Waals surface area contributed by atoms with Gasteiger partial charge in [-0.3, -0.25) is 33.5 Å². The fourth-order valence-electron chi connectivity index (χ4n) is 9.76. The first-order valence-corrected chi connectivity index (χ1v) is 26.3. The number of likely N-dealkylation sites (N-methyl/N-ethyl adjacent to an activating group) is 1. The Morgan fingerprint density at radius 2 is 1.52 bits per heavy atom. The minimum Gasteiger partial charge on any atom is -0.377 e. The molecule has 0 bridgehead atoms. The number of halogens is 2. The van der Waals surface area contributed by atoms with E-state index in [0.29, 0.717) is 27.6 Å². The third-order valence-corrected chi connectivity index (χ3v) is 15.5. The number of benzene rings is 2. The molecule has 8 rings (SSSR count). The molecule has 4 N–H and O–H groups in total. The van der Waals surface area contributed by atoms with Gasteiger partial charge >= 0.3 is 0 Å². The molecule has 5 amide bonds. The van der Waals surface area contributed by atoms with Crippen LogP contribution in [0.25, 0.3) is 15.9 Å². The standard InChI is InChI=1S/C52H65ClFN11O7S/c1-31-33(3)73-52-45(31)46(36-11-13-38(53)14-12-36)58-40(48-61-60-34(4)65(48)52)29-43(66)56-17-23-71-25-26-72-24-18-57-44(67)30-64-41-16-15-39(54)27-37(41)28-42(64)50(69)62-19-21-63(22-20-62)51(70)47(35-9-7-6-8-10-35)59-49(68)32(2)55-5/h11-16,27-28,32,35,40,47,55H,6-10,17-26,29-30H2,1-5H3,(H,56,66)(H,57,67)(H,59,68)/t32-,40-,47-/m0/s1. The Balaban J connectivity index is 0.774. The maximum Gasteiger partial charge on any atom is 0.270 e. The van der Waals surface area contributed by atoms with Crippen LogP contribution >= 0.6 is 22.9 Å². The van der Waals surface area contributed by atoms with Crippen LogP contribution in [0.3, 0.4) is 0 Å². The van der Waals surface area contributed by atoms with E-state index in [1.807, 2.05) is 35.8 Å². The number of amides is 5. The molecule has 0 spiro atoms. The molecule has 390 valence electrons. The molecule has 0 radical (unpaired) electrons. The van der Waals surface area contributed by atoms with Gasteiger partial charge in [0.25, 0.3) is 5.91 Å². The van der Waals surface area contributed by atoms with Crippen LogP contribution in [0.5, 0.6) is 0 Å². The second-order valence-corrected chi connectivity index (χ2v) is 20.5. The zero-order chi connectivity index (χ0) is 51.8. The van der Waals surface area contributed by atoms with Crippen molar-refractivity contribution in [2.24, 2.45) is 10.9 Å². The number of thiophene rings is 1. The van der Waals surface area contributed by atoms with Crippen molar-refractivity contribution >= 4 is 69.1 Å². The monoisotopic (exact) mass is 1040 g/mol. The fraction of sp³-hybridized carbons (Fsp3) is 0.500. The van der Waals surface area contributed by atoms with Crippen LogP contribution < -0.4 is 21.3 Å². The summed E-state index contributed by atoms with van der Waals surface area (Å²) in [7, 11) is 1.70. The third kappa shape index (κ3) is 12.5. The van der Waals surface area contributed by atoms with E-state index in [1.165, 1.54) is 12.1 Å². The minimum atomic E-state index is -0.635. The average molecular weight is 1040 g/mol. The van der Waals surface area contributed by atoms with Gasteiger partial charge in [0.2, 0.25) is 23.6 Å². The van der Waals surface area contributed by atoms with Crippen LogP contribution in [0.1, 0.15) is 95.2 Å². The Labute approximate surface area is 433 Å². The molecule has 0 unspecified atom stereocenters. The van der Waals surface area contributed by atoms with Crippen molar-refractivity contribution in [3.05, 3.63) is 98.3 Å². The summed E-state index contributed by atoms with van der Waals surface area (Å²) in [6, 6.07) is 11.6. The maximum absolute atomic E-state index is 14.4. The lowest BCUT2D eigenvalue weighted by molar-refractivity contribution is -0.140. The highest BCUT2D eigenvalue weighted by Crippen LogP contribution is 2.40. The van der Waals surface area contributed by atoms with E-state index in [9.17, 15) is 28.4 Å². The number of fused-ring (bicyclic) bond motifs is 4. The average Bonchev–Trinajstić information content (AvgIpc) is 4.02. The van der Waals surface area contributed by atoms with E-state index in [0.717, 1.165) is 64.4 Å². The smallest absolute Gasteiger partial charge is 0.270 e. The zero-order valence-electron chi connectivity index (χ0n) is 42.1. The molecule has 2 aromatic carbocycles. The van der Waals surface area contributed by atoms with Crippen LogP contribution in [0, 0.1) is 32.5 Å². The Hall–Kier alpha value is -6.06. The van der Waals surface area contributed by atoms with Crippen molar-refractivity contribution in [1.29, 1.82) is 0 Å². The lowest BCUT2D eigenvalue weighted by Gasteiger charge is -2.39. The van der Waals surface area contributed by atoms with Gasteiger partial charge < -0.3 is 45.1 Å². The number of hydrogen-bond donors (Lipinski definition) is 4. The van der Waals surface area contributed by atoms with Gasteiger partial charge in [-0.15, -0.1) is 21.5 Å². The first-order chi connectivity index (χ1) is 35.2. The molecule has 3 aromatic heterocycles. The van der Waals surface area contributed by atoms with Crippen molar-refractivity contribution in [2.45, 2.75) is 90.9 Å². The number of nitrogens with one attached hydrogen (secondary N) is 4. The summed E-state index contributed by atoms with van der Waals surface area (Å²) in [4.78, 5) is 77.3. The van der Waals surface area contributed by atoms with Crippen LogP contribution in [0.15, 0.2) is 53.5 Å². The highest BCUT2D eigenvalue weighted by atomic mass is 35.5. The fourth-order valence-corrected chi connectivity index (χ4v) is 11.1. The normalized spacial score (nSPS) is 16.8. The predicted molar refractivity (Wildman–Crippen MR) is 277 cm³/mol. The lowest BCUT2D eigenvalue weighted by atomic mass is 9.83. The molecule has 1 aliphatic carbocycles. The Morgan fingerprint density at radius 3 is 2.21 bits per heavy atom. The largest absolute Gasteiger partial charge is 0.377 e. The Kier molecular flexibility index (Phi) is 17.7. The van der Waals surface area contributed by atoms with Crippen molar-refractivity contribution in [3.8, 4) is 5.00 Å². The molecule has 73 heavy (non-hydrogen) atoms. The Morgan fingerprint density at radius 1 is 0.849 bits per heavy atom. The second kappa shape index (κ2) is 24.3. The van der Waals surface area contributed by atoms with Gasteiger partial charge in [0.15, 0.2) is 5.82 Å². The molecule has 1 saturated carbocycles. The number of hydrogen-bond acceptors (Lipinski definition) is 12. The summed E-state index contributed by atoms with van der Waals surface area (Å²) in [5.74, 6) is -0.383. The van der Waals surface area contributed by atoms with Gasteiger partial charge in [0.05, 0.1) is 44.6 Å². The van der Waals surface area contributed by atoms with Crippen molar-refractivity contribution in [3.63, 3.8) is 0 Å². The molecule has 21 heteroatoms. The van der Waals surface area contributed by atoms with Gasteiger partial charge in [-0.1, -0.05) is 43.0 Å². The number of aliphatic imine (C=N–C) groups is 1. The maximum atomic E-state index is 14.4. The Bertz CT molecular complexity index is 2830. The number of piperazine rings is 1. The van der Waals surface area contributed by atoms with Crippen LogP contribution in [-0.4, -0.2) is 149 Å². The summed E-state index contributed by atoms with van der Waals surface area (Å²) in [6.45, 7) is 10.1. The summed E-state index contributed by atoms with van der Waals surface area (Å²) in [6.07, 6.45) is 4.92. The first-order valence-electron chi connectivity index (χ1n) is 25.1. The number of aryl methyl sites for hydroxylation is 2. The molecule has 3 atom stereocenters. The molecule has 18 nitrogen and oxygen atoms in total. The molecule has 3 aliphatic rings. The lowest BCUT2D eigenvalue weighted by Crippen LogP contribution is -2.59. The summed E-state index contributed by atoms with van der Waals surface area (Å²) >= 11 is 7.89. The number of ether oxygens (including phenoxy) is 2. The summed E-state index contributed by atoms with van der Waals surface area (Å²) in [5.41, 5.74) is 4.52. The number of carbonyl (C=O) groups is 5. The predicted octanol–water partition coefficient (Wildman–Crippen LogP) is 5.21. The van der Waals surface area contributed by atoms with E-state index >= 15 is 0 Å². The molecular weight excluding hydrogens is 977 g/mol. The SMILES string of the molecule is CN[C@@H](C)C(=O)N[C@H](C(=O)N1CCN(C(=O)c2cc3cc(F)ccc3n2CC(=O)NCCOCCOCCNC(=O)C[C@@H]2N=C(c3ccc(Cl)cc3)c3c(sc(C)c3C)-n3c(C)nnc32)CC1)C1CCCCC1. The third-order valence-electron chi connectivity index (χ3n) is 14.0. The van der Waals surface area contributed by atoms with E-state index in [4.69, 9.17) is 26.1 Å². The summed E-state index contributed by atoms with van der Waals surface area (Å²) in [5, 5.41) is 22.7. The van der Waals surface area contributed by atoms with E-state index in [1.54, 1.807) is 51.8 Å². The molecule has 2 fully saturated rings. The van der Waals surface area contributed by atoms with Crippen molar-refractivity contribution in [2.75, 3.05) is 72.7 Å². The van der Waals surface area contributed by atoms with E-state index < -0.39 is 23.9 Å². The molecule has 5 aromatic rings. The van der Waals surface area contributed by atoms with Crippen LogP contribution in [0.4, 0.5) is 4.39 Å². The topological polar surface area (TPSA) is 206 Å². The number of nitrogens with zero attached hydrogens (tertiary/aromatic N) is 7. The molecular formula is C52H65ClFN11O7S. The molecule has 1 saturated heterocycles. The highest BCUT2D eigenvalue weighted by Gasteiger charge is 2.37. The number of carbonyl (C=O) groups excluding carboxylic acids is 5.